The lowest BCUT2D eigenvalue weighted by atomic mass is 9.85. The van der Waals surface area contributed by atoms with Crippen LogP contribution in [0.4, 0.5) is 26.3 Å². The van der Waals surface area contributed by atoms with Gasteiger partial charge >= 0.3 is 0 Å². The van der Waals surface area contributed by atoms with E-state index in [1.807, 2.05) is 0 Å². The van der Waals surface area contributed by atoms with Crippen LogP contribution in [-0.4, -0.2) is 0 Å². The Labute approximate surface area is 178 Å². The zero-order valence-corrected chi connectivity index (χ0v) is 16.2. The first kappa shape index (κ1) is 20.1. The highest BCUT2D eigenvalue weighted by atomic mass is 19.2. The molecule has 0 spiro atoms. The van der Waals surface area contributed by atoms with Crippen molar-refractivity contribution in [3.63, 3.8) is 0 Å². The number of rotatable bonds is 2. The van der Waals surface area contributed by atoms with E-state index in [-0.39, 0.29) is 33.0 Å². The van der Waals surface area contributed by atoms with Gasteiger partial charge in [-0.1, -0.05) is 24.3 Å². The fourth-order valence-electron chi connectivity index (χ4n) is 4.17. The summed E-state index contributed by atoms with van der Waals surface area (Å²) in [5, 5.41) is 0.0309. The summed E-state index contributed by atoms with van der Waals surface area (Å²) in [6.07, 6.45) is 0. The molecular formula is C26H12F6. The molecule has 0 amide bonds. The van der Waals surface area contributed by atoms with Gasteiger partial charge in [-0.05, 0) is 47.2 Å². The summed E-state index contributed by atoms with van der Waals surface area (Å²) in [7, 11) is 0. The van der Waals surface area contributed by atoms with Gasteiger partial charge in [0, 0.05) is 45.2 Å². The van der Waals surface area contributed by atoms with E-state index in [0.717, 1.165) is 36.4 Å². The normalized spacial score (nSPS) is 11.4. The van der Waals surface area contributed by atoms with Crippen molar-refractivity contribution in [2.45, 2.75) is 0 Å². The quantitative estimate of drug-likeness (QED) is 0.193. The minimum absolute atomic E-state index is 0.0105. The van der Waals surface area contributed by atoms with Crippen molar-refractivity contribution in [3.05, 3.63) is 108 Å². The largest absolute Gasteiger partial charge is 0.207 e. The van der Waals surface area contributed by atoms with Gasteiger partial charge in [0.25, 0.3) is 0 Å². The van der Waals surface area contributed by atoms with E-state index in [9.17, 15) is 17.6 Å². The Balaban J connectivity index is 2.08. The maximum absolute atomic E-state index is 15.2. The zero-order chi connectivity index (χ0) is 22.6. The summed E-state index contributed by atoms with van der Waals surface area (Å²) in [6, 6.07) is 13.8. The molecule has 0 saturated heterocycles. The van der Waals surface area contributed by atoms with Crippen molar-refractivity contribution < 1.29 is 26.3 Å². The van der Waals surface area contributed by atoms with E-state index >= 15 is 8.78 Å². The van der Waals surface area contributed by atoms with Crippen molar-refractivity contribution in [1.29, 1.82) is 0 Å². The molecule has 0 unspecified atom stereocenters. The van der Waals surface area contributed by atoms with Crippen LogP contribution in [-0.2, 0) is 0 Å². The minimum Gasteiger partial charge on any atom is -0.207 e. The molecule has 0 fully saturated rings. The van der Waals surface area contributed by atoms with Crippen LogP contribution in [0.5, 0.6) is 0 Å². The summed E-state index contributed by atoms with van der Waals surface area (Å²) < 4.78 is 87.1. The standard InChI is InChI=1S/C26H12F6/c27-13-5-7-17(21(31)11-13)23-15-3-1-2-4-16(15)24(18-8-6-14(28)12-22(18)32)26-20(30)10-9-19(29)25(23)26/h1-12H. The minimum atomic E-state index is -0.958. The number of hydrogen-bond acceptors (Lipinski definition) is 0. The molecule has 0 atom stereocenters. The van der Waals surface area contributed by atoms with Gasteiger partial charge in [-0.25, -0.2) is 26.3 Å². The number of fused-ring (bicyclic) bond motifs is 2. The molecule has 5 aromatic carbocycles. The van der Waals surface area contributed by atoms with Gasteiger partial charge in [-0.2, -0.15) is 0 Å². The van der Waals surface area contributed by atoms with Crippen molar-refractivity contribution >= 4 is 21.5 Å². The summed E-state index contributed by atoms with van der Waals surface area (Å²) in [5.74, 6) is -5.29. The molecule has 158 valence electrons. The molecule has 5 aromatic rings. The topological polar surface area (TPSA) is 0 Å². The summed E-state index contributed by atoms with van der Waals surface area (Å²) in [5.41, 5.74) is -0.251. The van der Waals surface area contributed by atoms with Gasteiger partial charge in [0.2, 0.25) is 0 Å². The molecule has 32 heavy (non-hydrogen) atoms. The molecule has 0 bridgehead atoms. The third-order valence-corrected chi connectivity index (χ3v) is 5.47. The lowest BCUT2D eigenvalue weighted by Crippen LogP contribution is -1.98. The smallest absolute Gasteiger partial charge is 0.133 e. The van der Waals surface area contributed by atoms with E-state index in [2.05, 4.69) is 0 Å². The Bertz CT molecular complexity index is 1420. The second-order valence-electron chi connectivity index (χ2n) is 7.32. The van der Waals surface area contributed by atoms with Gasteiger partial charge in [0.05, 0.1) is 0 Å². The SMILES string of the molecule is Fc1ccc(-c2c3ccccc3c(-c3ccc(F)cc3F)c3c(F)ccc(F)c23)c(F)c1. The zero-order valence-electron chi connectivity index (χ0n) is 16.2. The van der Waals surface area contributed by atoms with Crippen molar-refractivity contribution in [2.24, 2.45) is 0 Å². The first-order valence-electron chi connectivity index (χ1n) is 9.60. The Kier molecular flexibility index (Phi) is 4.66. The Morgan fingerprint density at radius 3 is 1.19 bits per heavy atom. The third kappa shape index (κ3) is 3.02. The third-order valence-electron chi connectivity index (χ3n) is 5.47. The van der Waals surface area contributed by atoms with Crippen LogP contribution < -0.4 is 0 Å². The summed E-state index contributed by atoms with van der Waals surface area (Å²) >= 11 is 0. The monoisotopic (exact) mass is 438 g/mol. The van der Waals surface area contributed by atoms with Crippen LogP contribution in [0.15, 0.2) is 72.8 Å². The fourth-order valence-corrected chi connectivity index (χ4v) is 4.17. The van der Waals surface area contributed by atoms with E-state index in [1.165, 1.54) is 0 Å². The molecule has 6 heteroatoms. The van der Waals surface area contributed by atoms with E-state index in [4.69, 9.17) is 0 Å². The predicted molar refractivity (Wildman–Crippen MR) is 112 cm³/mol. The maximum atomic E-state index is 15.2. The van der Waals surface area contributed by atoms with Crippen LogP contribution in [0.2, 0.25) is 0 Å². The number of benzene rings is 5. The lowest BCUT2D eigenvalue weighted by molar-refractivity contribution is 0.584. The molecule has 5 rings (SSSR count). The average molecular weight is 438 g/mol. The van der Waals surface area contributed by atoms with Crippen LogP contribution in [0.1, 0.15) is 0 Å². The van der Waals surface area contributed by atoms with Gasteiger partial charge in [0.1, 0.15) is 34.9 Å². The Hall–Kier alpha value is -3.80. The van der Waals surface area contributed by atoms with Crippen molar-refractivity contribution in [1.82, 2.24) is 0 Å². The average Bonchev–Trinajstić information content (AvgIpc) is 2.76. The van der Waals surface area contributed by atoms with Gasteiger partial charge in [0.15, 0.2) is 0 Å². The molecule has 0 aliphatic rings. The predicted octanol–water partition coefficient (Wildman–Crippen LogP) is 8.16. The molecular weight excluding hydrogens is 426 g/mol. The second-order valence-corrected chi connectivity index (χ2v) is 7.32. The Morgan fingerprint density at radius 1 is 0.406 bits per heavy atom. The van der Waals surface area contributed by atoms with Crippen molar-refractivity contribution in [3.8, 4) is 22.3 Å². The van der Waals surface area contributed by atoms with Crippen LogP contribution in [0, 0.1) is 34.9 Å². The first-order chi connectivity index (χ1) is 15.4. The van der Waals surface area contributed by atoms with Gasteiger partial charge < -0.3 is 0 Å². The summed E-state index contributed by atoms with van der Waals surface area (Å²) in [6.45, 7) is 0. The molecule has 0 heterocycles. The highest BCUT2D eigenvalue weighted by Gasteiger charge is 2.24. The van der Waals surface area contributed by atoms with Gasteiger partial charge in [-0.3, -0.25) is 0 Å². The maximum Gasteiger partial charge on any atom is 0.133 e. The highest BCUT2D eigenvalue weighted by molar-refractivity contribution is 6.21. The van der Waals surface area contributed by atoms with Gasteiger partial charge in [-0.15, -0.1) is 0 Å². The van der Waals surface area contributed by atoms with E-state index < -0.39 is 34.9 Å². The van der Waals surface area contributed by atoms with Crippen molar-refractivity contribution in [2.75, 3.05) is 0 Å². The fraction of sp³-hybridized carbons (Fsp3) is 0. The van der Waals surface area contributed by atoms with E-state index in [0.29, 0.717) is 22.9 Å². The molecule has 0 aliphatic heterocycles. The van der Waals surface area contributed by atoms with Crippen LogP contribution in [0.3, 0.4) is 0 Å². The molecule has 0 saturated carbocycles. The number of halogens is 6. The van der Waals surface area contributed by atoms with E-state index in [1.54, 1.807) is 24.3 Å². The molecule has 0 nitrogen and oxygen atoms in total. The number of hydrogen-bond donors (Lipinski definition) is 0. The van der Waals surface area contributed by atoms with Crippen LogP contribution >= 0.6 is 0 Å². The molecule has 0 aromatic heterocycles. The molecule has 0 radical (unpaired) electrons. The lowest BCUT2D eigenvalue weighted by Gasteiger charge is -2.19. The highest BCUT2D eigenvalue weighted by Crippen LogP contribution is 2.46. The second kappa shape index (κ2) is 7.41. The Morgan fingerprint density at radius 2 is 0.812 bits per heavy atom. The van der Waals surface area contributed by atoms with Crippen LogP contribution in [0.25, 0.3) is 43.8 Å². The molecule has 0 aliphatic carbocycles. The molecule has 0 N–H and O–H groups in total. The summed E-state index contributed by atoms with van der Waals surface area (Å²) in [4.78, 5) is 0. The first-order valence-corrected chi connectivity index (χ1v) is 9.60.